The van der Waals surface area contributed by atoms with Crippen LogP contribution in [0.4, 0.5) is 0 Å². The first kappa shape index (κ1) is 12.9. The third kappa shape index (κ3) is 3.06. The van der Waals surface area contributed by atoms with Gasteiger partial charge in [0.15, 0.2) is 0 Å². The predicted octanol–water partition coefficient (Wildman–Crippen LogP) is 2.63. The quantitative estimate of drug-likeness (QED) is 0.896. The minimum Gasteiger partial charge on any atom is -0.387 e. The Hall–Kier alpha value is -2.13. The van der Waals surface area contributed by atoms with Crippen LogP contribution in [0.2, 0.25) is 0 Å². The molecule has 3 rings (SSSR count). The van der Waals surface area contributed by atoms with Crippen LogP contribution in [0.15, 0.2) is 59.6 Å². The Bertz CT molecular complexity index is 587. The highest BCUT2D eigenvalue weighted by molar-refractivity contribution is 5.81. The summed E-state index contributed by atoms with van der Waals surface area (Å²) in [5.41, 5.74) is 9.62. The first-order chi connectivity index (χ1) is 9.81. The molecular formula is C17H19N3. The van der Waals surface area contributed by atoms with Gasteiger partial charge in [0.25, 0.3) is 0 Å². The average molecular weight is 265 g/mol. The third-order valence-electron chi connectivity index (χ3n) is 3.56. The zero-order valence-electron chi connectivity index (χ0n) is 11.4. The van der Waals surface area contributed by atoms with Gasteiger partial charge in [0.2, 0.25) is 0 Å². The Morgan fingerprint density at radius 3 is 2.40 bits per heavy atom. The van der Waals surface area contributed by atoms with Gasteiger partial charge in [-0.15, -0.1) is 0 Å². The van der Waals surface area contributed by atoms with Crippen molar-refractivity contribution >= 4 is 5.84 Å². The lowest BCUT2D eigenvalue weighted by molar-refractivity contribution is 0.539. The number of rotatable bonds is 3. The van der Waals surface area contributed by atoms with Gasteiger partial charge in [0.05, 0.1) is 5.84 Å². The topological polar surface area (TPSA) is 50.4 Å². The minimum atomic E-state index is 0.00882. The molecule has 20 heavy (non-hydrogen) atoms. The van der Waals surface area contributed by atoms with Crippen molar-refractivity contribution in [2.45, 2.75) is 19.0 Å². The standard InChI is InChI=1S/C17H19N3/c18-16-10-11-19-17(20-16)15-8-6-14(7-9-15)12-13-4-2-1-3-5-13/h1-9,17,19H,10-12H2,(H2,18,20). The number of benzene rings is 2. The van der Waals surface area contributed by atoms with Gasteiger partial charge in [-0.05, 0) is 23.1 Å². The lowest BCUT2D eigenvalue weighted by Gasteiger charge is -2.20. The fourth-order valence-electron chi connectivity index (χ4n) is 2.45. The molecule has 1 unspecified atom stereocenters. The lowest BCUT2D eigenvalue weighted by Crippen LogP contribution is -2.32. The van der Waals surface area contributed by atoms with Crippen LogP contribution in [0.3, 0.4) is 0 Å². The molecule has 2 aromatic carbocycles. The molecule has 0 aliphatic carbocycles. The summed E-state index contributed by atoms with van der Waals surface area (Å²) in [6.07, 6.45) is 1.81. The maximum absolute atomic E-state index is 5.80. The maximum Gasteiger partial charge on any atom is 0.127 e. The van der Waals surface area contributed by atoms with E-state index in [4.69, 9.17) is 5.73 Å². The molecule has 0 saturated heterocycles. The van der Waals surface area contributed by atoms with Gasteiger partial charge in [-0.2, -0.15) is 0 Å². The molecule has 0 spiro atoms. The van der Waals surface area contributed by atoms with E-state index in [9.17, 15) is 0 Å². The Labute approximate surface area is 119 Å². The number of hydrogen-bond acceptors (Lipinski definition) is 3. The third-order valence-corrected chi connectivity index (χ3v) is 3.56. The molecule has 0 radical (unpaired) electrons. The van der Waals surface area contributed by atoms with Crippen LogP contribution in [0.5, 0.6) is 0 Å². The molecule has 2 aromatic rings. The Kier molecular flexibility index (Phi) is 3.79. The van der Waals surface area contributed by atoms with Gasteiger partial charge in [-0.3, -0.25) is 5.32 Å². The zero-order chi connectivity index (χ0) is 13.8. The molecule has 0 amide bonds. The summed E-state index contributed by atoms with van der Waals surface area (Å²) in [4.78, 5) is 4.45. The molecule has 102 valence electrons. The van der Waals surface area contributed by atoms with E-state index in [1.165, 1.54) is 16.7 Å². The summed E-state index contributed by atoms with van der Waals surface area (Å²) in [6.45, 7) is 0.895. The maximum atomic E-state index is 5.80. The van der Waals surface area contributed by atoms with Crippen molar-refractivity contribution in [3.05, 3.63) is 71.3 Å². The van der Waals surface area contributed by atoms with E-state index in [1.807, 2.05) is 6.07 Å². The summed E-state index contributed by atoms with van der Waals surface area (Å²) in [6, 6.07) is 19.1. The van der Waals surface area contributed by atoms with E-state index in [1.54, 1.807) is 0 Å². The monoisotopic (exact) mass is 265 g/mol. The van der Waals surface area contributed by atoms with E-state index >= 15 is 0 Å². The molecule has 1 heterocycles. The smallest absolute Gasteiger partial charge is 0.127 e. The molecule has 0 saturated carbocycles. The minimum absolute atomic E-state index is 0.00882. The largest absolute Gasteiger partial charge is 0.387 e. The summed E-state index contributed by atoms with van der Waals surface area (Å²) >= 11 is 0. The van der Waals surface area contributed by atoms with Crippen molar-refractivity contribution in [3.8, 4) is 0 Å². The van der Waals surface area contributed by atoms with E-state index in [0.29, 0.717) is 0 Å². The van der Waals surface area contributed by atoms with Crippen molar-refractivity contribution in [1.82, 2.24) is 5.32 Å². The average Bonchev–Trinajstić information content (AvgIpc) is 2.49. The van der Waals surface area contributed by atoms with Crippen molar-refractivity contribution in [2.75, 3.05) is 6.54 Å². The van der Waals surface area contributed by atoms with E-state index in [-0.39, 0.29) is 6.17 Å². The number of amidine groups is 1. The fourth-order valence-corrected chi connectivity index (χ4v) is 2.45. The van der Waals surface area contributed by atoms with Crippen LogP contribution >= 0.6 is 0 Å². The van der Waals surface area contributed by atoms with E-state index in [0.717, 1.165) is 25.2 Å². The summed E-state index contributed by atoms with van der Waals surface area (Å²) < 4.78 is 0. The molecule has 1 aliphatic rings. The SMILES string of the molecule is NC1=NC(c2ccc(Cc3ccccc3)cc2)NCC1. The Morgan fingerprint density at radius 2 is 1.70 bits per heavy atom. The molecule has 0 bridgehead atoms. The molecular weight excluding hydrogens is 246 g/mol. The fraction of sp³-hybridized carbons (Fsp3) is 0.235. The first-order valence-corrected chi connectivity index (χ1v) is 6.99. The van der Waals surface area contributed by atoms with Crippen LogP contribution in [0.1, 0.15) is 29.3 Å². The molecule has 1 aliphatic heterocycles. The van der Waals surface area contributed by atoms with Gasteiger partial charge in [0.1, 0.15) is 6.17 Å². The highest BCUT2D eigenvalue weighted by Gasteiger charge is 2.14. The number of hydrogen-bond donors (Lipinski definition) is 2. The normalized spacial score (nSPS) is 18.6. The van der Waals surface area contributed by atoms with Crippen molar-refractivity contribution in [1.29, 1.82) is 0 Å². The molecule has 3 nitrogen and oxygen atoms in total. The number of nitrogens with one attached hydrogen (secondary N) is 1. The van der Waals surface area contributed by atoms with Gasteiger partial charge in [-0.1, -0.05) is 54.6 Å². The van der Waals surface area contributed by atoms with Crippen LogP contribution in [0.25, 0.3) is 0 Å². The van der Waals surface area contributed by atoms with Crippen LogP contribution in [-0.4, -0.2) is 12.4 Å². The van der Waals surface area contributed by atoms with E-state index < -0.39 is 0 Å². The van der Waals surface area contributed by atoms with Gasteiger partial charge < -0.3 is 5.73 Å². The molecule has 0 aromatic heterocycles. The van der Waals surface area contributed by atoms with Gasteiger partial charge in [0, 0.05) is 13.0 Å². The first-order valence-electron chi connectivity index (χ1n) is 6.99. The van der Waals surface area contributed by atoms with Crippen molar-refractivity contribution < 1.29 is 0 Å². The van der Waals surface area contributed by atoms with Gasteiger partial charge in [-0.25, -0.2) is 4.99 Å². The summed E-state index contributed by atoms with van der Waals surface area (Å²) in [5.74, 6) is 0.738. The Balaban J connectivity index is 1.73. The summed E-state index contributed by atoms with van der Waals surface area (Å²) in [5, 5.41) is 3.37. The molecule has 0 fully saturated rings. The molecule has 3 heteroatoms. The second kappa shape index (κ2) is 5.88. The molecule has 1 atom stereocenters. The molecule has 3 N–H and O–H groups in total. The highest BCUT2D eigenvalue weighted by atomic mass is 15.1. The highest BCUT2D eigenvalue weighted by Crippen LogP contribution is 2.19. The van der Waals surface area contributed by atoms with Crippen molar-refractivity contribution in [2.24, 2.45) is 10.7 Å². The summed E-state index contributed by atoms with van der Waals surface area (Å²) in [7, 11) is 0. The van der Waals surface area contributed by atoms with Crippen molar-refractivity contribution in [3.63, 3.8) is 0 Å². The Morgan fingerprint density at radius 1 is 1.00 bits per heavy atom. The second-order valence-corrected chi connectivity index (χ2v) is 5.13. The number of aliphatic imine (C=N–C) groups is 1. The lowest BCUT2D eigenvalue weighted by atomic mass is 10.0. The zero-order valence-corrected chi connectivity index (χ0v) is 11.4. The predicted molar refractivity (Wildman–Crippen MR) is 82.7 cm³/mol. The van der Waals surface area contributed by atoms with Crippen LogP contribution in [-0.2, 0) is 6.42 Å². The van der Waals surface area contributed by atoms with Gasteiger partial charge >= 0.3 is 0 Å². The van der Waals surface area contributed by atoms with Crippen LogP contribution in [0, 0.1) is 0 Å². The number of nitrogens with zero attached hydrogens (tertiary/aromatic N) is 1. The second-order valence-electron chi connectivity index (χ2n) is 5.13. The van der Waals surface area contributed by atoms with Crippen LogP contribution < -0.4 is 11.1 Å². The number of nitrogens with two attached hydrogens (primary N) is 1. The van der Waals surface area contributed by atoms with E-state index in [2.05, 4.69) is 58.8 Å².